The smallest absolute Gasteiger partial charge is 0.338 e. The van der Waals surface area contributed by atoms with Crippen molar-refractivity contribution in [1.82, 2.24) is 0 Å². The Morgan fingerprint density at radius 2 is 0.536 bits per heavy atom. The number of alkyl halides is 1. The van der Waals surface area contributed by atoms with Gasteiger partial charge < -0.3 is 75.8 Å². The molecular formula is C84H73ClO25. The quantitative estimate of drug-likeness (QED) is 0.0239. The van der Waals surface area contributed by atoms with Gasteiger partial charge in [0.15, 0.2) is 55.5 Å². The lowest BCUT2D eigenvalue weighted by Gasteiger charge is -2.50. The van der Waals surface area contributed by atoms with Crippen LogP contribution in [0.5, 0.6) is 0 Å². The van der Waals surface area contributed by atoms with E-state index in [4.69, 9.17) is 87.4 Å². The zero-order valence-electron chi connectivity index (χ0n) is 58.8. The number of esters is 9. The molecule has 3 aliphatic heterocycles. The van der Waals surface area contributed by atoms with E-state index >= 15 is 14.4 Å². The van der Waals surface area contributed by atoms with Crippen molar-refractivity contribution in [3.05, 3.63) is 323 Å². The molecular weight excluding hydrogens is 1440 g/mol. The predicted molar refractivity (Wildman–Crippen MR) is 387 cm³/mol. The first-order valence-electron chi connectivity index (χ1n) is 34.9. The summed E-state index contributed by atoms with van der Waals surface area (Å²) in [5, 5.41) is 0. The number of methoxy groups -OCH3 is 1. The van der Waals surface area contributed by atoms with Gasteiger partial charge in [0.1, 0.15) is 62.3 Å². The molecule has 3 fully saturated rings. The molecule has 0 aliphatic carbocycles. The summed E-state index contributed by atoms with van der Waals surface area (Å²) < 4.78 is 105. The van der Waals surface area contributed by atoms with Crippen molar-refractivity contribution in [1.29, 1.82) is 0 Å². The van der Waals surface area contributed by atoms with Crippen LogP contribution in [0.25, 0.3) is 0 Å². The van der Waals surface area contributed by atoms with Crippen molar-refractivity contribution in [3.63, 3.8) is 0 Å². The van der Waals surface area contributed by atoms with Crippen molar-refractivity contribution in [2.45, 2.75) is 98.7 Å². The lowest BCUT2D eigenvalue weighted by molar-refractivity contribution is -0.378. The molecule has 3 aliphatic rings. The van der Waals surface area contributed by atoms with Crippen LogP contribution in [0.3, 0.4) is 0 Å². The van der Waals surface area contributed by atoms with E-state index < -0.39 is 172 Å². The van der Waals surface area contributed by atoms with Gasteiger partial charge in [-0.25, -0.2) is 38.4 Å². The first-order valence-corrected chi connectivity index (χ1v) is 35.4. The van der Waals surface area contributed by atoms with E-state index in [1.165, 1.54) is 128 Å². The number of hydrogen-bond acceptors (Lipinski definition) is 25. The molecule has 9 aromatic carbocycles. The molecule has 3 saturated heterocycles. The summed E-state index contributed by atoms with van der Waals surface area (Å²) in [6.45, 7) is -2.79. The van der Waals surface area contributed by atoms with Crippen LogP contribution < -0.4 is 0 Å². The average molecular weight is 1520 g/mol. The fraction of sp³-hybridized carbons (Fsp3) is 0.250. The maximum atomic E-state index is 15.4. The molecule has 110 heavy (non-hydrogen) atoms. The Labute approximate surface area is 635 Å². The van der Waals surface area contributed by atoms with Gasteiger partial charge in [0.25, 0.3) is 0 Å². The van der Waals surface area contributed by atoms with Gasteiger partial charge in [-0.1, -0.05) is 176 Å². The minimum Gasteiger partial charge on any atom is -0.462 e. The van der Waals surface area contributed by atoms with E-state index in [0.29, 0.717) is 5.56 Å². The van der Waals surface area contributed by atoms with Crippen molar-refractivity contribution >= 4 is 65.3 Å². The van der Waals surface area contributed by atoms with Gasteiger partial charge in [-0.05, 0) is 103 Å². The molecule has 26 heteroatoms. The third-order valence-corrected chi connectivity index (χ3v) is 17.9. The summed E-state index contributed by atoms with van der Waals surface area (Å²) in [4.78, 5) is 132. The minimum atomic E-state index is -2.27. The van der Waals surface area contributed by atoms with Gasteiger partial charge in [-0.15, -0.1) is 11.6 Å². The molecule has 0 N–H and O–H groups in total. The number of halogens is 1. The molecule has 0 amide bonds. The third-order valence-electron chi connectivity index (χ3n) is 17.7. The van der Waals surface area contributed by atoms with E-state index in [2.05, 4.69) is 0 Å². The standard InChI is InChI=1S/C84H73ClO25/c1-95-82-72(107-80(93)59-43-25-9-26-44-59)69(105-78(91)57-39-21-7-22-40-57)67(63(100-82)51-99-75(88)54-33-15-4-16-34-54)109-84-73(108-81(94)60-45-27-10-28-46-60)70(66(61(101-84)49-96-64(86)47-85)104-77(90)56-37-19-6-20-38-56)110-83-71(106-79(92)58-41-23-8-24-42-58)68(97-48-52-29-11-2-12-30-52)65(103-76(89)55-35-17-5-18-36-55)62(102-83)50-98-74(87)53-31-13-3-14-32-53/h2-46,61-63,65-73,82-84H,47-51H2,1H3/t61-,62-,63-,65+,66+,67-,68+,69+,70+,71-,72+,73-,82+,83-,84+/m1/s1. The number of hydrogen-bond donors (Lipinski definition) is 0. The molecule has 3 heterocycles. The van der Waals surface area contributed by atoms with E-state index in [1.54, 1.807) is 152 Å². The molecule has 12 rings (SSSR count). The lowest BCUT2D eigenvalue weighted by atomic mass is 9.94. The maximum absolute atomic E-state index is 15.4. The van der Waals surface area contributed by atoms with E-state index in [9.17, 15) is 28.8 Å². The van der Waals surface area contributed by atoms with Crippen molar-refractivity contribution in [2.75, 3.05) is 32.8 Å². The highest BCUT2D eigenvalue weighted by Gasteiger charge is 2.61. The van der Waals surface area contributed by atoms with Crippen LogP contribution in [0.1, 0.15) is 88.4 Å². The van der Waals surface area contributed by atoms with E-state index in [-0.39, 0.29) is 51.1 Å². The molecule has 0 unspecified atom stereocenters. The van der Waals surface area contributed by atoms with Gasteiger partial charge in [0.2, 0.25) is 0 Å². The Morgan fingerprint density at radius 1 is 0.282 bits per heavy atom. The number of benzene rings is 9. The van der Waals surface area contributed by atoms with Gasteiger partial charge in [0, 0.05) is 7.11 Å². The summed E-state index contributed by atoms with van der Waals surface area (Å²) >= 11 is 6.12. The highest BCUT2D eigenvalue weighted by Crippen LogP contribution is 2.40. The molecule has 25 nitrogen and oxygen atoms in total. The Morgan fingerprint density at radius 3 is 0.873 bits per heavy atom. The summed E-state index contributed by atoms with van der Waals surface area (Å²) in [7, 11) is 1.20. The highest BCUT2D eigenvalue weighted by molar-refractivity contribution is 6.26. The first-order chi connectivity index (χ1) is 53.7. The fourth-order valence-corrected chi connectivity index (χ4v) is 12.3. The van der Waals surface area contributed by atoms with Crippen LogP contribution >= 0.6 is 11.6 Å². The van der Waals surface area contributed by atoms with Gasteiger partial charge in [-0.3, -0.25) is 4.79 Å². The SMILES string of the molecule is CO[C@H]1O[C@H](COC(=O)c2ccccc2)[C@@H](O[C@@H]2O[C@H](COC(=O)CCl)[C@H](OC(=O)c3ccccc3)[C@H](O[C@H]3O[C@H](COC(=O)c4ccccc4)[C@H](OC(=O)c4ccccc4)[C@H](OCc4ccccc4)[C@H]3OC(=O)c3ccccc3)[C@H]2OC(=O)c2ccccc2)[C@H](OC(=O)c2ccccc2)[C@@H]1OC(=O)c1ccccc1. The summed E-state index contributed by atoms with van der Waals surface area (Å²) in [6.07, 6.45) is -29.2. The van der Waals surface area contributed by atoms with Crippen molar-refractivity contribution in [2.24, 2.45) is 0 Å². The predicted octanol–water partition coefficient (Wildman–Crippen LogP) is 11.0. The lowest BCUT2D eigenvalue weighted by Crippen LogP contribution is -2.69. The topological polar surface area (TPSA) is 301 Å². The van der Waals surface area contributed by atoms with Crippen molar-refractivity contribution < 1.29 is 119 Å². The molecule has 9 aromatic rings. The first kappa shape index (κ1) is 77.8. The summed E-state index contributed by atoms with van der Waals surface area (Å²) in [6, 6.07) is 70.3. The van der Waals surface area contributed by atoms with E-state index in [0.717, 1.165) is 0 Å². The largest absolute Gasteiger partial charge is 0.462 e. The van der Waals surface area contributed by atoms with E-state index in [1.807, 2.05) is 0 Å². The zero-order chi connectivity index (χ0) is 76.7. The normalized spacial score (nSPS) is 23.5. The molecule has 0 bridgehead atoms. The Kier molecular flexibility index (Phi) is 27.1. The number of carbonyl (C=O) groups is 9. The van der Waals surface area contributed by atoms with Crippen LogP contribution in [0.2, 0.25) is 0 Å². The summed E-state index contributed by atoms with van der Waals surface area (Å²) in [5.41, 5.74) is 0.548. The van der Waals surface area contributed by atoms with Gasteiger partial charge in [0.05, 0.1) is 51.1 Å². The number of carbonyl (C=O) groups excluding carboxylic acids is 9. The van der Waals surface area contributed by atoms with Crippen LogP contribution in [0.4, 0.5) is 0 Å². The second-order valence-electron chi connectivity index (χ2n) is 25.0. The maximum Gasteiger partial charge on any atom is 0.338 e. The van der Waals surface area contributed by atoms with Gasteiger partial charge in [-0.2, -0.15) is 0 Å². The van der Waals surface area contributed by atoms with Crippen LogP contribution in [-0.4, -0.2) is 179 Å². The minimum absolute atomic E-state index is 0.0171. The van der Waals surface area contributed by atoms with Crippen LogP contribution in [-0.2, 0) is 87.2 Å². The molecule has 0 aromatic heterocycles. The summed E-state index contributed by atoms with van der Waals surface area (Å²) in [5.74, 6) is -9.76. The number of ether oxygens (including phenoxy) is 16. The Hall–Kier alpha value is -11.8. The second kappa shape index (κ2) is 38.3. The third kappa shape index (κ3) is 20.1. The van der Waals surface area contributed by atoms with Crippen LogP contribution in [0, 0.1) is 0 Å². The highest BCUT2D eigenvalue weighted by atomic mass is 35.5. The molecule has 15 atom stereocenters. The average Bonchev–Trinajstić information content (AvgIpc) is 0.755. The molecule has 0 saturated carbocycles. The fourth-order valence-electron chi connectivity index (χ4n) is 12.3. The second-order valence-corrected chi connectivity index (χ2v) is 25.3. The molecule has 0 radical (unpaired) electrons. The Balaban J connectivity index is 1.06. The zero-order valence-corrected chi connectivity index (χ0v) is 59.5. The monoisotopic (exact) mass is 1520 g/mol. The Bertz CT molecular complexity index is 4520. The van der Waals surface area contributed by atoms with Crippen molar-refractivity contribution in [3.8, 4) is 0 Å². The number of rotatable bonds is 29. The van der Waals surface area contributed by atoms with Gasteiger partial charge >= 0.3 is 53.7 Å². The van der Waals surface area contributed by atoms with Crippen LogP contribution in [0.15, 0.2) is 273 Å². The molecule has 0 spiro atoms. The molecule has 566 valence electrons.